The lowest BCUT2D eigenvalue weighted by Crippen LogP contribution is -2.28. The Bertz CT molecular complexity index is 845. The summed E-state index contributed by atoms with van der Waals surface area (Å²) in [5.41, 5.74) is 1.98. The second-order valence-electron chi connectivity index (χ2n) is 5.96. The second-order valence-corrected chi connectivity index (χ2v) is 5.96. The molecule has 1 aliphatic carbocycles. The minimum absolute atomic E-state index is 0.0394. The van der Waals surface area contributed by atoms with E-state index in [9.17, 15) is 4.79 Å². The highest BCUT2D eigenvalue weighted by Crippen LogP contribution is 2.49. The summed E-state index contributed by atoms with van der Waals surface area (Å²) in [4.78, 5) is 12.7. The Morgan fingerprint density at radius 3 is 2.74 bits per heavy atom. The van der Waals surface area contributed by atoms with E-state index in [4.69, 9.17) is 8.94 Å². The number of nitrogens with one attached hydrogen (secondary N) is 1. The summed E-state index contributed by atoms with van der Waals surface area (Å²) >= 11 is 0. The molecule has 2 aromatic heterocycles. The zero-order chi connectivity index (χ0) is 15.9. The van der Waals surface area contributed by atoms with Crippen molar-refractivity contribution < 1.29 is 13.7 Å². The Morgan fingerprint density at radius 2 is 2.04 bits per heavy atom. The fourth-order valence-corrected chi connectivity index (χ4v) is 2.73. The molecule has 1 aliphatic rings. The first kappa shape index (κ1) is 13.8. The Balaban J connectivity index is 1.57. The fraction of sp³-hybridized carbons (Fsp3) is 0.222. The quantitative estimate of drug-likeness (QED) is 0.793. The van der Waals surface area contributed by atoms with Crippen LogP contribution in [0.5, 0.6) is 0 Å². The molecule has 1 aromatic carbocycles. The molecule has 0 unspecified atom stereocenters. The fourth-order valence-electron chi connectivity index (χ4n) is 2.73. The molecule has 3 aromatic rings. The first-order chi connectivity index (χ1) is 11.2. The van der Waals surface area contributed by atoms with Gasteiger partial charge in [0.25, 0.3) is 0 Å². The smallest absolute Gasteiger partial charge is 0.236 e. The van der Waals surface area contributed by atoms with Gasteiger partial charge in [0.2, 0.25) is 11.7 Å². The van der Waals surface area contributed by atoms with E-state index in [1.54, 1.807) is 24.5 Å². The predicted octanol–water partition coefficient (Wildman–Crippen LogP) is 3.91. The lowest BCUT2D eigenvalue weighted by Gasteiger charge is -2.12. The highest BCUT2D eigenvalue weighted by Gasteiger charge is 2.53. The molecule has 2 heterocycles. The van der Waals surface area contributed by atoms with Gasteiger partial charge in [0.15, 0.2) is 5.76 Å². The van der Waals surface area contributed by atoms with Gasteiger partial charge in [0, 0.05) is 11.8 Å². The summed E-state index contributed by atoms with van der Waals surface area (Å²) < 4.78 is 10.6. The average Bonchev–Trinajstić information content (AvgIpc) is 2.98. The topological polar surface area (TPSA) is 68.3 Å². The second kappa shape index (κ2) is 5.12. The van der Waals surface area contributed by atoms with Crippen molar-refractivity contribution in [3.05, 3.63) is 60.0 Å². The number of carbonyl (C=O) groups is 1. The summed E-state index contributed by atoms with van der Waals surface area (Å²) in [5, 5.41) is 7.07. The van der Waals surface area contributed by atoms with E-state index in [2.05, 4.69) is 10.5 Å². The van der Waals surface area contributed by atoms with Gasteiger partial charge in [0.1, 0.15) is 0 Å². The minimum atomic E-state index is -0.585. The molecule has 0 saturated heterocycles. The van der Waals surface area contributed by atoms with E-state index in [1.807, 2.05) is 31.2 Å². The maximum absolute atomic E-state index is 12.7. The zero-order valence-electron chi connectivity index (χ0n) is 12.7. The Hall–Kier alpha value is -2.82. The maximum Gasteiger partial charge on any atom is 0.236 e. The number of hydrogen-bond donors (Lipinski definition) is 1. The van der Waals surface area contributed by atoms with Crippen molar-refractivity contribution in [3.8, 4) is 11.5 Å². The Morgan fingerprint density at radius 1 is 1.17 bits per heavy atom. The molecule has 0 bridgehead atoms. The van der Waals surface area contributed by atoms with Crippen LogP contribution in [0.1, 0.15) is 24.1 Å². The third-order valence-electron chi connectivity index (χ3n) is 4.23. The van der Waals surface area contributed by atoms with Crippen LogP contribution in [0.25, 0.3) is 11.5 Å². The number of amides is 1. The molecule has 1 N–H and O–H groups in total. The molecule has 4 rings (SSSR count). The van der Waals surface area contributed by atoms with E-state index in [-0.39, 0.29) is 5.91 Å². The molecular formula is C18H16N2O3. The van der Waals surface area contributed by atoms with Crippen molar-refractivity contribution in [1.82, 2.24) is 5.16 Å². The molecular weight excluding hydrogens is 292 g/mol. The molecule has 0 radical (unpaired) electrons. The van der Waals surface area contributed by atoms with Gasteiger partial charge in [0.05, 0.1) is 17.4 Å². The normalized spacial score (nSPS) is 15.3. The molecule has 1 saturated carbocycles. The van der Waals surface area contributed by atoms with Crippen molar-refractivity contribution in [2.75, 3.05) is 5.32 Å². The van der Waals surface area contributed by atoms with Crippen molar-refractivity contribution >= 4 is 11.6 Å². The monoisotopic (exact) mass is 308 g/mol. The molecule has 0 spiro atoms. The number of carbonyl (C=O) groups excluding carboxylic acids is 1. The van der Waals surface area contributed by atoms with E-state index >= 15 is 0 Å². The van der Waals surface area contributed by atoms with Crippen LogP contribution in [0, 0.1) is 6.92 Å². The minimum Gasteiger partial charge on any atom is -0.461 e. The van der Waals surface area contributed by atoms with E-state index < -0.39 is 5.41 Å². The van der Waals surface area contributed by atoms with Crippen molar-refractivity contribution in [2.24, 2.45) is 0 Å². The van der Waals surface area contributed by atoms with Gasteiger partial charge in [-0.05, 0) is 49.6 Å². The number of furan rings is 1. The van der Waals surface area contributed by atoms with Crippen LogP contribution < -0.4 is 5.32 Å². The third-order valence-corrected chi connectivity index (χ3v) is 4.23. The van der Waals surface area contributed by atoms with Gasteiger partial charge < -0.3 is 14.3 Å². The predicted molar refractivity (Wildman–Crippen MR) is 84.9 cm³/mol. The van der Waals surface area contributed by atoms with Gasteiger partial charge in [-0.3, -0.25) is 4.79 Å². The zero-order valence-corrected chi connectivity index (χ0v) is 12.7. The molecule has 5 heteroatoms. The van der Waals surface area contributed by atoms with Crippen LogP contribution in [-0.2, 0) is 10.2 Å². The summed E-state index contributed by atoms with van der Waals surface area (Å²) in [7, 11) is 0. The molecule has 23 heavy (non-hydrogen) atoms. The van der Waals surface area contributed by atoms with Crippen LogP contribution in [0.4, 0.5) is 5.69 Å². The summed E-state index contributed by atoms with van der Waals surface area (Å²) in [5.74, 6) is 1.11. The van der Waals surface area contributed by atoms with Crippen molar-refractivity contribution in [1.29, 1.82) is 0 Å². The van der Waals surface area contributed by atoms with Gasteiger partial charge in [-0.1, -0.05) is 17.3 Å². The lowest BCUT2D eigenvalue weighted by atomic mass is 10.0. The van der Waals surface area contributed by atoms with Gasteiger partial charge in [-0.2, -0.15) is 0 Å². The summed E-state index contributed by atoms with van der Waals surface area (Å²) in [6.07, 6.45) is 3.12. The van der Waals surface area contributed by atoms with Crippen LogP contribution >= 0.6 is 0 Å². The first-order valence-electron chi connectivity index (χ1n) is 7.57. The van der Waals surface area contributed by atoms with Gasteiger partial charge in [-0.15, -0.1) is 0 Å². The number of anilines is 1. The van der Waals surface area contributed by atoms with E-state index in [0.29, 0.717) is 17.2 Å². The van der Waals surface area contributed by atoms with Crippen LogP contribution in [0.3, 0.4) is 0 Å². The van der Waals surface area contributed by atoms with E-state index in [0.717, 1.165) is 24.1 Å². The third kappa shape index (κ3) is 2.44. The van der Waals surface area contributed by atoms with Gasteiger partial charge in [-0.25, -0.2) is 0 Å². The number of nitrogens with zero attached hydrogens (tertiary/aromatic N) is 1. The Kier molecular flexibility index (Phi) is 3.08. The van der Waals surface area contributed by atoms with Gasteiger partial charge >= 0.3 is 0 Å². The number of benzene rings is 1. The molecule has 1 amide bonds. The van der Waals surface area contributed by atoms with Crippen LogP contribution in [-0.4, -0.2) is 11.1 Å². The first-order valence-corrected chi connectivity index (χ1v) is 7.57. The van der Waals surface area contributed by atoms with Crippen LogP contribution in [0.15, 0.2) is 57.7 Å². The molecule has 5 nitrogen and oxygen atoms in total. The largest absolute Gasteiger partial charge is 0.461 e. The molecule has 0 atom stereocenters. The number of aryl methyl sites for hydroxylation is 1. The average molecular weight is 308 g/mol. The SMILES string of the molecule is Cc1cccc(NC(=O)C2(c3cc(-c4ccco4)on3)CC2)c1. The summed E-state index contributed by atoms with van der Waals surface area (Å²) in [6, 6.07) is 13.1. The Labute approximate surface area is 133 Å². The summed E-state index contributed by atoms with van der Waals surface area (Å²) in [6.45, 7) is 2.00. The van der Waals surface area contributed by atoms with Crippen molar-refractivity contribution in [2.45, 2.75) is 25.2 Å². The molecule has 116 valence electrons. The maximum atomic E-state index is 12.7. The van der Waals surface area contributed by atoms with E-state index in [1.165, 1.54) is 0 Å². The number of hydrogen-bond acceptors (Lipinski definition) is 4. The molecule has 0 aliphatic heterocycles. The van der Waals surface area contributed by atoms with Crippen molar-refractivity contribution in [3.63, 3.8) is 0 Å². The molecule has 1 fully saturated rings. The lowest BCUT2D eigenvalue weighted by molar-refractivity contribution is -0.118. The number of rotatable bonds is 4. The number of aromatic nitrogens is 1. The standard InChI is InChI=1S/C18H16N2O3/c1-12-4-2-5-13(10-12)19-17(21)18(7-8-18)16-11-15(23-20-16)14-6-3-9-22-14/h2-6,9-11H,7-8H2,1H3,(H,19,21). The van der Waals surface area contributed by atoms with Crippen LogP contribution in [0.2, 0.25) is 0 Å². The highest BCUT2D eigenvalue weighted by molar-refractivity contribution is 6.01. The highest BCUT2D eigenvalue weighted by atomic mass is 16.5.